The van der Waals surface area contributed by atoms with Gasteiger partial charge in [0.1, 0.15) is 0 Å². The minimum Gasteiger partial charge on any atom is -0.309 e. The van der Waals surface area contributed by atoms with Crippen LogP contribution in [0.2, 0.25) is 0 Å². The van der Waals surface area contributed by atoms with Crippen LogP contribution in [0.5, 0.6) is 0 Å². The average Bonchev–Trinajstić information content (AvgIpc) is 3.22. The van der Waals surface area contributed by atoms with Crippen molar-refractivity contribution in [3.8, 4) is 0 Å². The second kappa shape index (κ2) is 5.99. The van der Waals surface area contributed by atoms with Crippen LogP contribution in [0.1, 0.15) is 29.5 Å². The third-order valence-electron chi connectivity index (χ3n) is 6.27. The molecule has 3 heteroatoms. The van der Waals surface area contributed by atoms with Gasteiger partial charge < -0.3 is 4.90 Å². The first kappa shape index (κ1) is 15.2. The number of piperidine rings is 1. The summed E-state index contributed by atoms with van der Waals surface area (Å²) in [7, 11) is 0. The molecular formula is C22H24N2O. The van der Waals surface area contributed by atoms with Crippen molar-refractivity contribution < 1.29 is 4.79 Å². The van der Waals surface area contributed by atoms with Gasteiger partial charge in [-0.3, -0.25) is 9.69 Å². The molecule has 2 aliphatic heterocycles. The first-order valence-electron chi connectivity index (χ1n) is 9.50. The Hall–Kier alpha value is -2.13. The SMILES string of the molecule is O=C1Cc2ccccc2N1C1CCN(C2Cc3ccccc3C2)CC1. The molecule has 0 unspecified atom stereocenters. The van der Waals surface area contributed by atoms with Gasteiger partial charge in [0.05, 0.1) is 6.42 Å². The van der Waals surface area contributed by atoms with E-state index in [-0.39, 0.29) is 5.91 Å². The summed E-state index contributed by atoms with van der Waals surface area (Å²) in [6.07, 6.45) is 5.13. The maximum absolute atomic E-state index is 12.5. The van der Waals surface area contributed by atoms with E-state index in [1.54, 1.807) is 0 Å². The van der Waals surface area contributed by atoms with Crippen molar-refractivity contribution in [2.24, 2.45) is 0 Å². The second-order valence-corrected chi connectivity index (χ2v) is 7.67. The van der Waals surface area contributed by atoms with Crippen LogP contribution < -0.4 is 4.90 Å². The Labute approximate surface area is 149 Å². The number of benzene rings is 2. The standard InChI is InChI=1S/C22H24N2O/c25-22-15-18-7-3-4-8-21(18)24(22)19-9-11-23(12-10-19)20-13-16-5-1-2-6-17(16)14-20/h1-8,19-20H,9-15H2. The Morgan fingerprint density at radius 2 is 1.36 bits per heavy atom. The molecule has 2 heterocycles. The number of anilines is 1. The van der Waals surface area contributed by atoms with Crippen LogP contribution in [0.3, 0.4) is 0 Å². The van der Waals surface area contributed by atoms with Gasteiger partial charge in [-0.15, -0.1) is 0 Å². The van der Waals surface area contributed by atoms with Crippen LogP contribution in [0.15, 0.2) is 48.5 Å². The largest absolute Gasteiger partial charge is 0.309 e. The number of para-hydroxylation sites is 1. The zero-order chi connectivity index (χ0) is 16.8. The van der Waals surface area contributed by atoms with Crippen LogP contribution in [-0.2, 0) is 24.1 Å². The lowest BCUT2D eigenvalue weighted by molar-refractivity contribution is -0.118. The minimum absolute atomic E-state index is 0.285. The van der Waals surface area contributed by atoms with Gasteiger partial charge in [0.2, 0.25) is 5.91 Å². The summed E-state index contributed by atoms with van der Waals surface area (Å²) in [6, 6.07) is 18.2. The summed E-state index contributed by atoms with van der Waals surface area (Å²) in [6.45, 7) is 2.21. The molecule has 0 bridgehead atoms. The van der Waals surface area contributed by atoms with Crippen LogP contribution in [0.25, 0.3) is 0 Å². The van der Waals surface area contributed by atoms with Crippen LogP contribution >= 0.6 is 0 Å². The van der Waals surface area contributed by atoms with Crippen molar-refractivity contribution in [2.75, 3.05) is 18.0 Å². The second-order valence-electron chi connectivity index (χ2n) is 7.67. The molecule has 0 N–H and O–H groups in total. The number of likely N-dealkylation sites (tertiary alicyclic amines) is 1. The van der Waals surface area contributed by atoms with Crippen molar-refractivity contribution in [2.45, 2.75) is 44.2 Å². The van der Waals surface area contributed by atoms with Crippen LogP contribution in [0, 0.1) is 0 Å². The lowest BCUT2D eigenvalue weighted by Gasteiger charge is -2.39. The Balaban J connectivity index is 1.26. The summed E-state index contributed by atoms with van der Waals surface area (Å²) in [5.41, 5.74) is 5.40. The molecule has 0 spiro atoms. The van der Waals surface area contributed by atoms with Gasteiger partial charge in [0.25, 0.3) is 0 Å². The highest BCUT2D eigenvalue weighted by Crippen LogP contribution is 2.34. The average molecular weight is 332 g/mol. The number of carbonyl (C=O) groups excluding carboxylic acids is 1. The van der Waals surface area contributed by atoms with Gasteiger partial charge in [-0.2, -0.15) is 0 Å². The molecule has 1 fully saturated rings. The Kier molecular flexibility index (Phi) is 3.63. The molecule has 128 valence electrons. The van der Waals surface area contributed by atoms with Crippen molar-refractivity contribution >= 4 is 11.6 Å². The van der Waals surface area contributed by atoms with E-state index in [1.807, 2.05) is 6.07 Å². The molecule has 3 nitrogen and oxygen atoms in total. The molecule has 1 saturated heterocycles. The van der Waals surface area contributed by atoms with E-state index in [1.165, 1.54) is 29.5 Å². The summed E-state index contributed by atoms with van der Waals surface area (Å²) in [4.78, 5) is 17.3. The van der Waals surface area contributed by atoms with Crippen molar-refractivity contribution in [1.29, 1.82) is 0 Å². The quantitative estimate of drug-likeness (QED) is 0.843. The zero-order valence-corrected chi connectivity index (χ0v) is 14.5. The van der Waals surface area contributed by atoms with E-state index >= 15 is 0 Å². The number of hydrogen-bond donors (Lipinski definition) is 0. The summed E-state index contributed by atoms with van der Waals surface area (Å²) in [5, 5.41) is 0. The lowest BCUT2D eigenvalue weighted by Crippen LogP contribution is -2.49. The molecular weight excluding hydrogens is 308 g/mol. The number of rotatable bonds is 2. The Morgan fingerprint density at radius 3 is 2.04 bits per heavy atom. The number of carbonyl (C=O) groups is 1. The molecule has 0 atom stereocenters. The van der Waals surface area contributed by atoms with Gasteiger partial charge >= 0.3 is 0 Å². The summed E-state index contributed by atoms with van der Waals surface area (Å²) >= 11 is 0. The lowest BCUT2D eigenvalue weighted by atomic mass is 10.00. The summed E-state index contributed by atoms with van der Waals surface area (Å²) in [5.74, 6) is 0.285. The highest BCUT2D eigenvalue weighted by atomic mass is 16.2. The van der Waals surface area contributed by atoms with Gasteiger partial charge in [-0.05, 0) is 48.4 Å². The Morgan fingerprint density at radius 1 is 0.760 bits per heavy atom. The summed E-state index contributed by atoms with van der Waals surface area (Å²) < 4.78 is 0. The number of fused-ring (bicyclic) bond motifs is 2. The highest BCUT2D eigenvalue weighted by molar-refractivity contribution is 6.01. The predicted octanol–water partition coefficient (Wildman–Crippen LogP) is 3.21. The smallest absolute Gasteiger partial charge is 0.231 e. The minimum atomic E-state index is 0.285. The van der Waals surface area contributed by atoms with Crippen LogP contribution in [-0.4, -0.2) is 36.0 Å². The maximum atomic E-state index is 12.5. The van der Waals surface area contributed by atoms with Gasteiger partial charge in [0.15, 0.2) is 0 Å². The third kappa shape index (κ3) is 2.58. The molecule has 25 heavy (non-hydrogen) atoms. The van der Waals surface area contributed by atoms with Crippen molar-refractivity contribution in [3.05, 3.63) is 65.2 Å². The topological polar surface area (TPSA) is 23.6 Å². The number of amides is 1. The molecule has 2 aromatic carbocycles. The Bertz CT molecular complexity index is 782. The fourth-order valence-corrected chi connectivity index (χ4v) is 4.98. The molecule has 1 amide bonds. The first-order chi connectivity index (χ1) is 12.3. The fraction of sp³-hybridized carbons (Fsp3) is 0.409. The van der Waals surface area contributed by atoms with E-state index in [4.69, 9.17) is 0 Å². The normalized spacial score (nSPS) is 21.6. The van der Waals surface area contributed by atoms with E-state index in [9.17, 15) is 4.79 Å². The molecule has 1 aliphatic carbocycles. The molecule has 0 saturated carbocycles. The van der Waals surface area contributed by atoms with Crippen LogP contribution in [0.4, 0.5) is 5.69 Å². The number of hydrogen-bond acceptors (Lipinski definition) is 2. The predicted molar refractivity (Wildman–Crippen MR) is 99.9 cm³/mol. The first-order valence-corrected chi connectivity index (χ1v) is 9.50. The number of nitrogens with zero attached hydrogens (tertiary/aromatic N) is 2. The van der Waals surface area contributed by atoms with Crippen molar-refractivity contribution in [3.63, 3.8) is 0 Å². The van der Waals surface area contributed by atoms with E-state index in [0.29, 0.717) is 18.5 Å². The third-order valence-corrected chi connectivity index (χ3v) is 6.27. The maximum Gasteiger partial charge on any atom is 0.231 e. The van der Waals surface area contributed by atoms with E-state index < -0.39 is 0 Å². The molecule has 5 rings (SSSR count). The van der Waals surface area contributed by atoms with Gasteiger partial charge in [0, 0.05) is 30.9 Å². The van der Waals surface area contributed by atoms with E-state index in [2.05, 4.69) is 52.3 Å². The van der Waals surface area contributed by atoms with Gasteiger partial charge in [-0.25, -0.2) is 0 Å². The molecule has 3 aliphatic rings. The monoisotopic (exact) mass is 332 g/mol. The van der Waals surface area contributed by atoms with Crippen molar-refractivity contribution in [1.82, 2.24) is 4.90 Å². The highest BCUT2D eigenvalue weighted by Gasteiger charge is 2.36. The molecule has 2 aromatic rings. The molecule has 0 aromatic heterocycles. The fourth-order valence-electron chi connectivity index (χ4n) is 4.98. The zero-order valence-electron chi connectivity index (χ0n) is 14.5. The molecule has 0 radical (unpaired) electrons. The van der Waals surface area contributed by atoms with E-state index in [0.717, 1.165) is 31.6 Å². The van der Waals surface area contributed by atoms with Gasteiger partial charge in [-0.1, -0.05) is 42.5 Å².